The Morgan fingerprint density at radius 2 is 2.13 bits per heavy atom. The molecule has 1 aliphatic heterocycles. The third-order valence-electron chi connectivity index (χ3n) is 4.67. The van der Waals surface area contributed by atoms with Crippen molar-refractivity contribution in [2.45, 2.75) is 18.9 Å². The van der Waals surface area contributed by atoms with E-state index in [1.54, 1.807) is 30.5 Å². The summed E-state index contributed by atoms with van der Waals surface area (Å²) >= 11 is 5.92. The molecule has 1 aromatic carbocycles. The Bertz CT molecular complexity index is 931. The first kappa shape index (κ1) is 21.5. The van der Waals surface area contributed by atoms with Crippen LogP contribution in [0.15, 0.2) is 42.4 Å². The Balaban J connectivity index is 1.75. The lowest BCUT2D eigenvalue weighted by molar-refractivity contribution is 0.100. The van der Waals surface area contributed by atoms with Crippen molar-refractivity contribution in [2.75, 3.05) is 30.8 Å². The number of hydrogen-bond donors (Lipinski definition) is 5. The van der Waals surface area contributed by atoms with E-state index in [1.165, 1.54) is 12.4 Å². The maximum Gasteiger partial charge on any atom is 0.254 e. The van der Waals surface area contributed by atoms with Crippen molar-refractivity contribution in [3.05, 3.63) is 52.9 Å². The number of likely N-dealkylation sites (tertiary alicyclic amines) is 1. The summed E-state index contributed by atoms with van der Waals surface area (Å²) in [6.07, 6.45) is 6.48. The molecule has 1 atom stereocenters. The third-order valence-corrected chi connectivity index (χ3v) is 4.92. The van der Waals surface area contributed by atoms with Gasteiger partial charge in [0.15, 0.2) is 0 Å². The van der Waals surface area contributed by atoms with Crippen molar-refractivity contribution in [2.24, 2.45) is 5.73 Å². The van der Waals surface area contributed by atoms with E-state index in [9.17, 15) is 4.79 Å². The van der Waals surface area contributed by atoms with Crippen molar-refractivity contribution >= 4 is 41.2 Å². The van der Waals surface area contributed by atoms with E-state index in [4.69, 9.17) is 22.7 Å². The molecule has 0 aliphatic carbocycles. The van der Waals surface area contributed by atoms with Crippen LogP contribution in [0.2, 0.25) is 5.02 Å². The molecule has 10 heteroatoms. The number of carbonyl (C=O) groups excluding carboxylic acids is 1. The van der Waals surface area contributed by atoms with E-state index < -0.39 is 5.91 Å². The number of nitrogens with one attached hydrogen (secondary N) is 4. The van der Waals surface area contributed by atoms with Gasteiger partial charge in [0.2, 0.25) is 5.95 Å². The second-order valence-electron chi connectivity index (χ2n) is 7.09. The monoisotopic (exact) mass is 428 g/mol. The number of primary amides is 1. The van der Waals surface area contributed by atoms with Crippen LogP contribution < -0.4 is 21.7 Å². The fourth-order valence-electron chi connectivity index (χ4n) is 3.14. The number of nitrogens with two attached hydrogens (primary N) is 1. The molecule has 1 fully saturated rings. The zero-order chi connectivity index (χ0) is 21.5. The Labute approximate surface area is 180 Å². The maximum atomic E-state index is 11.8. The number of halogens is 1. The topological polar surface area (TPSA) is 132 Å². The summed E-state index contributed by atoms with van der Waals surface area (Å²) < 4.78 is 0. The minimum absolute atomic E-state index is 0.152. The fraction of sp³-hybridized carbons (Fsp3) is 0.300. The minimum atomic E-state index is -0.649. The number of rotatable bonds is 8. The molecule has 158 valence electrons. The Hall–Kier alpha value is -3.17. The van der Waals surface area contributed by atoms with Gasteiger partial charge in [-0.3, -0.25) is 4.79 Å². The van der Waals surface area contributed by atoms with Crippen LogP contribution in [0.3, 0.4) is 0 Å². The first-order valence-corrected chi connectivity index (χ1v) is 9.94. The number of nitrogens with zero attached hydrogens (tertiary/aromatic N) is 3. The highest BCUT2D eigenvalue weighted by molar-refractivity contribution is 6.30. The van der Waals surface area contributed by atoms with Gasteiger partial charge in [-0.1, -0.05) is 11.6 Å². The summed E-state index contributed by atoms with van der Waals surface area (Å²) in [5, 5.41) is 17.6. The Morgan fingerprint density at radius 3 is 2.80 bits per heavy atom. The normalized spacial score (nSPS) is 17.3. The quantitative estimate of drug-likeness (QED) is 0.408. The number of amides is 1. The molecule has 6 N–H and O–H groups in total. The standard InChI is InChI=1S/C20H25ClN8O/c1-29-8-2-3-15(12-29)24-10-16(9-22)27-20-25-11-17(18(23)30)19(28-20)26-14-6-4-13(21)5-7-14/h4-7,9-11,15,22,24H,2-3,8,12H2,1H3,(H2,23,30)(H2,25,26,27,28)/b16-10+,22-9?. The van der Waals surface area contributed by atoms with E-state index in [0.717, 1.165) is 25.9 Å². The first-order chi connectivity index (χ1) is 14.4. The summed E-state index contributed by atoms with van der Waals surface area (Å²) in [4.78, 5) is 22.5. The molecular weight excluding hydrogens is 404 g/mol. The van der Waals surface area contributed by atoms with Crippen molar-refractivity contribution in [3.8, 4) is 0 Å². The van der Waals surface area contributed by atoms with Crippen LogP contribution in [0.5, 0.6) is 0 Å². The summed E-state index contributed by atoms with van der Waals surface area (Å²) in [7, 11) is 2.09. The zero-order valence-corrected chi connectivity index (χ0v) is 17.4. The summed E-state index contributed by atoms with van der Waals surface area (Å²) in [5.74, 6) is -0.161. The second-order valence-corrected chi connectivity index (χ2v) is 7.53. The SMILES string of the molecule is CN1CCCC(N/C=C(\C=N)Nc2ncc(C(N)=O)c(Nc3ccc(Cl)cc3)n2)C1. The lowest BCUT2D eigenvalue weighted by atomic mass is 10.1. The molecular formula is C20H25ClN8O. The molecule has 9 nitrogen and oxygen atoms in total. The molecule has 0 saturated carbocycles. The van der Waals surface area contributed by atoms with Crippen molar-refractivity contribution < 1.29 is 4.79 Å². The van der Waals surface area contributed by atoms with Crippen LogP contribution in [-0.4, -0.2) is 53.2 Å². The molecule has 1 aromatic heterocycles. The number of piperidine rings is 1. The molecule has 0 radical (unpaired) electrons. The minimum Gasteiger partial charge on any atom is -0.385 e. The molecule has 1 aliphatic rings. The number of carbonyl (C=O) groups is 1. The lowest BCUT2D eigenvalue weighted by Gasteiger charge is -2.29. The molecule has 3 rings (SSSR count). The van der Waals surface area contributed by atoms with Gasteiger partial charge in [-0.05, 0) is 50.7 Å². The third kappa shape index (κ3) is 5.91. The zero-order valence-electron chi connectivity index (χ0n) is 16.7. The summed E-state index contributed by atoms with van der Waals surface area (Å²) in [5.41, 5.74) is 6.79. The Morgan fingerprint density at radius 1 is 1.37 bits per heavy atom. The van der Waals surface area contributed by atoms with Crippen LogP contribution in [0.25, 0.3) is 0 Å². The molecule has 2 aromatic rings. The molecule has 0 spiro atoms. The van der Waals surface area contributed by atoms with E-state index in [-0.39, 0.29) is 17.3 Å². The van der Waals surface area contributed by atoms with Gasteiger partial charge in [-0.15, -0.1) is 0 Å². The van der Waals surface area contributed by atoms with E-state index in [2.05, 4.69) is 37.9 Å². The van der Waals surface area contributed by atoms with Gasteiger partial charge < -0.3 is 32.0 Å². The van der Waals surface area contributed by atoms with Crippen LogP contribution in [-0.2, 0) is 0 Å². The van der Waals surface area contributed by atoms with Crippen LogP contribution >= 0.6 is 11.6 Å². The maximum absolute atomic E-state index is 11.8. The smallest absolute Gasteiger partial charge is 0.254 e. The van der Waals surface area contributed by atoms with Gasteiger partial charge in [0.05, 0.1) is 5.70 Å². The molecule has 1 unspecified atom stereocenters. The summed E-state index contributed by atoms with van der Waals surface area (Å²) in [6.45, 7) is 2.04. The van der Waals surface area contributed by atoms with E-state index in [0.29, 0.717) is 22.4 Å². The van der Waals surface area contributed by atoms with Gasteiger partial charge in [0.25, 0.3) is 5.91 Å². The summed E-state index contributed by atoms with van der Waals surface area (Å²) in [6, 6.07) is 7.28. The number of allylic oxidation sites excluding steroid dienone is 1. The largest absolute Gasteiger partial charge is 0.385 e. The number of aromatic nitrogens is 2. The second kappa shape index (κ2) is 10.0. The van der Waals surface area contributed by atoms with Crippen molar-refractivity contribution in [3.63, 3.8) is 0 Å². The number of anilines is 3. The molecule has 1 saturated heterocycles. The molecule has 2 heterocycles. The number of benzene rings is 1. The predicted molar refractivity (Wildman–Crippen MR) is 119 cm³/mol. The molecule has 0 bridgehead atoms. The van der Waals surface area contributed by atoms with Crippen LogP contribution in [0.4, 0.5) is 17.5 Å². The van der Waals surface area contributed by atoms with Crippen LogP contribution in [0.1, 0.15) is 23.2 Å². The Kier molecular flexibility index (Phi) is 7.21. The van der Waals surface area contributed by atoms with Gasteiger partial charge in [0, 0.05) is 41.9 Å². The van der Waals surface area contributed by atoms with E-state index >= 15 is 0 Å². The fourth-order valence-corrected chi connectivity index (χ4v) is 3.27. The van der Waals surface area contributed by atoms with Gasteiger partial charge in [-0.2, -0.15) is 4.98 Å². The lowest BCUT2D eigenvalue weighted by Crippen LogP contribution is -2.42. The number of likely N-dealkylation sites (N-methyl/N-ethyl adjacent to an activating group) is 1. The van der Waals surface area contributed by atoms with Gasteiger partial charge in [0.1, 0.15) is 11.4 Å². The first-order valence-electron chi connectivity index (χ1n) is 9.56. The highest BCUT2D eigenvalue weighted by Crippen LogP contribution is 2.21. The molecule has 1 amide bonds. The van der Waals surface area contributed by atoms with Crippen LogP contribution in [0, 0.1) is 5.41 Å². The van der Waals surface area contributed by atoms with Gasteiger partial charge in [-0.25, -0.2) is 4.98 Å². The van der Waals surface area contributed by atoms with E-state index in [1.807, 2.05) is 0 Å². The number of hydrogen-bond acceptors (Lipinski definition) is 8. The highest BCUT2D eigenvalue weighted by Gasteiger charge is 2.16. The van der Waals surface area contributed by atoms with Gasteiger partial charge >= 0.3 is 0 Å². The average Bonchev–Trinajstić information content (AvgIpc) is 2.73. The molecule has 30 heavy (non-hydrogen) atoms. The van der Waals surface area contributed by atoms with Crippen molar-refractivity contribution in [1.29, 1.82) is 5.41 Å². The average molecular weight is 429 g/mol. The van der Waals surface area contributed by atoms with Crippen molar-refractivity contribution in [1.82, 2.24) is 20.2 Å². The highest BCUT2D eigenvalue weighted by atomic mass is 35.5. The predicted octanol–water partition coefficient (Wildman–Crippen LogP) is 2.56.